The summed E-state index contributed by atoms with van der Waals surface area (Å²) < 4.78 is 0. The van der Waals surface area contributed by atoms with Crippen molar-refractivity contribution in [3.05, 3.63) is 0 Å². The van der Waals surface area contributed by atoms with E-state index in [1.807, 2.05) is 0 Å². The van der Waals surface area contributed by atoms with E-state index in [4.69, 9.17) is 0 Å². The molecule has 0 radical (unpaired) electrons. The predicted molar refractivity (Wildman–Crippen MR) is 63.8 cm³/mol. The molecule has 1 amide bonds. The van der Waals surface area contributed by atoms with Gasteiger partial charge in [0.2, 0.25) is 5.91 Å². The molecule has 17 heavy (non-hydrogen) atoms. The van der Waals surface area contributed by atoms with Crippen LogP contribution in [0, 0.1) is 34.5 Å². The minimum Gasteiger partial charge on any atom is -0.340 e. The fourth-order valence-electron chi connectivity index (χ4n) is 5.06. The van der Waals surface area contributed by atoms with Crippen LogP contribution in [0.4, 0.5) is 0 Å². The lowest BCUT2D eigenvalue weighted by Gasteiger charge is -2.58. The van der Waals surface area contributed by atoms with Crippen LogP contribution in [0.2, 0.25) is 0 Å². The number of amides is 1. The number of nitrogens with zero attached hydrogens (tertiary/aromatic N) is 1. The number of nitrogens with one attached hydrogen (secondary N) is 1. The average molecular weight is 232 g/mol. The molecular formula is C14H20N2O. The highest BCUT2D eigenvalue weighted by Crippen LogP contribution is 2.61. The Morgan fingerprint density at radius 1 is 1.24 bits per heavy atom. The molecule has 4 aliphatic rings. The summed E-state index contributed by atoms with van der Waals surface area (Å²) in [4.78, 5) is 11.2. The minimum absolute atomic E-state index is 0.0627. The SMILES string of the molecule is CC(=O)NC(C#N)C12CC3CC(CC(C3)C1)C2. The minimum atomic E-state index is -0.256. The number of hydrogen-bond donors (Lipinski definition) is 1. The molecule has 0 heterocycles. The molecule has 92 valence electrons. The molecule has 3 nitrogen and oxygen atoms in total. The molecule has 4 saturated carbocycles. The molecule has 4 bridgehead atoms. The lowest BCUT2D eigenvalue weighted by atomic mass is 9.48. The molecule has 4 fully saturated rings. The van der Waals surface area contributed by atoms with Crippen LogP contribution >= 0.6 is 0 Å². The summed E-state index contributed by atoms with van der Waals surface area (Å²) in [6.45, 7) is 1.52. The number of rotatable bonds is 2. The van der Waals surface area contributed by atoms with Crippen LogP contribution in [0.1, 0.15) is 45.4 Å². The van der Waals surface area contributed by atoms with Crippen molar-refractivity contribution in [2.24, 2.45) is 23.2 Å². The van der Waals surface area contributed by atoms with Crippen molar-refractivity contribution >= 4 is 5.91 Å². The molecule has 0 aliphatic heterocycles. The largest absolute Gasteiger partial charge is 0.340 e. The molecule has 1 N–H and O–H groups in total. The highest BCUT2D eigenvalue weighted by atomic mass is 16.1. The van der Waals surface area contributed by atoms with Crippen LogP contribution in [-0.2, 0) is 4.79 Å². The number of carbonyl (C=O) groups is 1. The molecule has 0 saturated heterocycles. The van der Waals surface area contributed by atoms with Crippen molar-refractivity contribution in [3.63, 3.8) is 0 Å². The van der Waals surface area contributed by atoms with Crippen molar-refractivity contribution in [3.8, 4) is 6.07 Å². The fourth-order valence-corrected chi connectivity index (χ4v) is 5.06. The van der Waals surface area contributed by atoms with Gasteiger partial charge in [0, 0.05) is 12.3 Å². The van der Waals surface area contributed by atoms with Gasteiger partial charge in [0.1, 0.15) is 6.04 Å². The van der Waals surface area contributed by atoms with Gasteiger partial charge in [0.25, 0.3) is 0 Å². The second-order valence-electron chi connectivity index (χ2n) is 6.54. The van der Waals surface area contributed by atoms with Gasteiger partial charge in [-0.3, -0.25) is 4.79 Å². The van der Waals surface area contributed by atoms with Gasteiger partial charge in [0.15, 0.2) is 0 Å². The van der Waals surface area contributed by atoms with E-state index in [1.54, 1.807) is 0 Å². The summed E-state index contributed by atoms with van der Waals surface area (Å²) in [6, 6.07) is 2.10. The highest BCUT2D eigenvalue weighted by Gasteiger charge is 2.54. The van der Waals surface area contributed by atoms with Gasteiger partial charge in [-0.05, 0) is 56.3 Å². The van der Waals surface area contributed by atoms with Crippen LogP contribution in [0.25, 0.3) is 0 Å². The Bertz CT molecular complexity index is 347. The van der Waals surface area contributed by atoms with Gasteiger partial charge in [-0.1, -0.05) is 0 Å². The maximum Gasteiger partial charge on any atom is 0.217 e. The van der Waals surface area contributed by atoms with Gasteiger partial charge in [-0.2, -0.15) is 5.26 Å². The second-order valence-corrected chi connectivity index (χ2v) is 6.54. The summed E-state index contributed by atoms with van der Waals surface area (Å²) >= 11 is 0. The lowest BCUT2D eigenvalue weighted by Crippen LogP contribution is -2.56. The van der Waals surface area contributed by atoms with E-state index >= 15 is 0 Å². The number of hydrogen-bond acceptors (Lipinski definition) is 2. The van der Waals surface area contributed by atoms with Gasteiger partial charge in [0.05, 0.1) is 6.07 Å². The Morgan fingerprint density at radius 3 is 2.06 bits per heavy atom. The molecule has 0 spiro atoms. The molecule has 1 unspecified atom stereocenters. The Morgan fingerprint density at radius 2 is 1.71 bits per heavy atom. The monoisotopic (exact) mass is 232 g/mol. The Kier molecular flexibility index (Phi) is 2.43. The summed E-state index contributed by atoms with van der Waals surface area (Å²) in [5.41, 5.74) is 0.106. The van der Waals surface area contributed by atoms with E-state index in [1.165, 1.54) is 45.4 Å². The van der Waals surface area contributed by atoms with E-state index in [0.717, 1.165) is 17.8 Å². The van der Waals surface area contributed by atoms with Crippen LogP contribution in [-0.4, -0.2) is 11.9 Å². The molecule has 0 aromatic carbocycles. The normalized spacial score (nSPS) is 44.1. The van der Waals surface area contributed by atoms with Crippen LogP contribution in [0.15, 0.2) is 0 Å². The van der Waals surface area contributed by atoms with Gasteiger partial charge >= 0.3 is 0 Å². The zero-order valence-corrected chi connectivity index (χ0v) is 10.4. The molecule has 4 aliphatic carbocycles. The second kappa shape index (κ2) is 3.73. The molecule has 4 rings (SSSR count). The third kappa shape index (κ3) is 1.74. The van der Waals surface area contributed by atoms with Gasteiger partial charge in [-0.15, -0.1) is 0 Å². The van der Waals surface area contributed by atoms with E-state index in [0.29, 0.717) is 0 Å². The van der Waals surface area contributed by atoms with Gasteiger partial charge < -0.3 is 5.32 Å². The highest BCUT2D eigenvalue weighted by molar-refractivity contribution is 5.73. The van der Waals surface area contributed by atoms with Crippen molar-refractivity contribution in [2.45, 2.75) is 51.5 Å². The predicted octanol–water partition coefficient (Wildman–Crippen LogP) is 2.23. The van der Waals surface area contributed by atoms with Crippen molar-refractivity contribution in [1.29, 1.82) is 5.26 Å². The van der Waals surface area contributed by atoms with Gasteiger partial charge in [-0.25, -0.2) is 0 Å². The van der Waals surface area contributed by atoms with Crippen LogP contribution < -0.4 is 5.32 Å². The maximum absolute atomic E-state index is 11.2. The number of nitriles is 1. The number of carbonyl (C=O) groups excluding carboxylic acids is 1. The Labute approximate surface area is 103 Å². The molecule has 3 heteroatoms. The summed E-state index contributed by atoms with van der Waals surface area (Å²) in [5.74, 6) is 2.41. The zero-order chi connectivity index (χ0) is 12.0. The van der Waals surface area contributed by atoms with Crippen molar-refractivity contribution in [1.82, 2.24) is 5.32 Å². The zero-order valence-electron chi connectivity index (χ0n) is 10.4. The van der Waals surface area contributed by atoms with Crippen molar-refractivity contribution < 1.29 is 4.79 Å². The molecule has 0 aromatic heterocycles. The quantitative estimate of drug-likeness (QED) is 0.793. The summed E-state index contributed by atoms with van der Waals surface area (Å²) in [6.07, 6.45) is 7.61. The Hall–Kier alpha value is -1.04. The van der Waals surface area contributed by atoms with Crippen molar-refractivity contribution in [2.75, 3.05) is 0 Å². The van der Waals surface area contributed by atoms with E-state index < -0.39 is 0 Å². The standard InChI is InChI=1S/C14H20N2O/c1-9(17)16-13(8-15)14-5-10-2-11(6-14)4-12(3-10)7-14/h10-13H,2-7H2,1H3,(H,16,17). The molecular weight excluding hydrogens is 212 g/mol. The average Bonchev–Trinajstić information content (AvgIpc) is 2.23. The third-order valence-corrected chi connectivity index (χ3v) is 5.17. The molecule has 0 aromatic rings. The van der Waals surface area contributed by atoms with Crippen LogP contribution in [0.5, 0.6) is 0 Å². The van der Waals surface area contributed by atoms with E-state index in [2.05, 4.69) is 11.4 Å². The first-order valence-electron chi connectivity index (χ1n) is 6.78. The first-order valence-corrected chi connectivity index (χ1v) is 6.78. The van der Waals surface area contributed by atoms with E-state index in [-0.39, 0.29) is 17.4 Å². The van der Waals surface area contributed by atoms with Crippen LogP contribution in [0.3, 0.4) is 0 Å². The lowest BCUT2D eigenvalue weighted by molar-refractivity contribution is -0.122. The maximum atomic E-state index is 11.2. The first kappa shape index (κ1) is 11.1. The smallest absolute Gasteiger partial charge is 0.217 e. The fraction of sp³-hybridized carbons (Fsp3) is 0.857. The summed E-state index contributed by atoms with van der Waals surface area (Å²) in [7, 11) is 0. The topological polar surface area (TPSA) is 52.9 Å². The van der Waals surface area contributed by atoms with E-state index in [9.17, 15) is 10.1 Å². The molecule has 1 atom stereocenters. The third-order valence-electron chi connectivity index (χ3n) is 5.17. The summed E-state index contributed by atoms with van der Waals surface area (Å²) in [5, 5.41) is 12.3. The first-order chi connectivity index (χ1) is 8.11. The Balaban J connectivity index is 1.85.